The molecule has 1 heterocycles. The van der Waals surface area contributed by atoms with Crippen molar-refractivity contribution in [1.82, 2.24) is 9.78 Å². The summed E-state index contributed by atoms with van der Waals surface area (Å²) in [5, 5.41) is 15.7. The van der Waals surface area contributed by atoms with Crippen molar-refractivity contribution in [2.75, 3.05) is 7.11 Å². The van der Waals surface area contributed by atoms with Gasteiger partial charge in [-0.15, -0.1) is 0 Å². The number of rotatable bonds is 4. The summed E-state index contributed by atoms with van der Waals surface area (Å²) in [7, 11) is 1.32. The number of nitro benzene ring substituents is 1. The summed E-state index contributed by atoms with van der Waals surface area (Å²) in [6.45, 7) is 2.04. The van der Waals surface area contributed by atoms with Gasteiger partial charge in [0, 0.05) is 17.5 Å². The highest BCUT2D eigenvalue weighted by Gasteiger charge is 2.16. The standard InChI is InChI=1S/C12H13N3O4/c1-8(12(16)19-2)7-14-11-5-10(15(17)18)4-3-9(11)6-13-14/h3-6,8H,7H2,1-2H3. The van der Waals surface area contributed by atoms with Gasteiger partial charge in [-0.2, -0.15) is 5.10 Å². The number of nitrogens with zero attached hydrogens (tertiary/aromatic N) is 3. The van der Waals surface area contributed by atoms with Gasteiger partial charge in [-0.25, -0.2) is 0 Å². The first-order chi connectivity index (χ1) is 9.02. The third-order valence-electron chi connectivity index (χ3n) is 2.89. The van der Waals surface area contributed by atoms with E-state index in [9.17, 15) is 14.9 Å². The van der Waals surface area contributed by atoms with Crippen molar-refractivity contribution < 1.29 is 14.5 Å². The predicted octanol–water partition coefficient (Wildman–Crippen LogP) is 1.75. The third kappa shape index (κ3) is 2.54. The quantitative estimate of drug-likeness (QED) is 0.476. The van der Waals surface area contributed by atoms with Crippen LogP contribution < -0.4 is 0 Å². The van der Waals surface area contributed by atoms with Crippen molar-refractivity contribution in [3.63, 3.8) is 0 Å². The van der Waals surface area contributed by atoms with Crippen LogP contribution in [0.15, 0.2) is 24.4 Å². The van der Waals surface area contributed by atoms with Gasteiger partial charge in [0.15, 0.2) is 0 Å². The number of hydrogen-bond acceptors (Lipinski definition) is 5. The number of esters is 1. The van der Waals surface area contributed by atoms with Gasteiger partial charge in [0.1, 0.15) is 0 Å². The van der Waals surface area contributed by atoms with Crippen molar-refractivity contribution in [3.8, 4) is 0 Å². The SMILES string of the molecule is COC(=O)C(C)Cn1ncc2ccc([N+](=O)[O-])cc21. The van der Waals surface area contributed by atoms with E-state index < -0.39 is 4.92 Å². The molecule has 1 atom stereocenters. The minimum absolute atomic E-state index is 0.0000267. The van der Waals surface area contributed by atoms with Gasteiger partial charge in [-0.1, -0.05) is 6.92 Å². The Kier molecular flexibility index (Phi) is 3.46. The number of ether oxygens (including phenoxy) is 1. The zero-order valence-corrected chi connectivity index (χ0v) is 10.6. The van der Waals surface area contributed by atoms with E-state index in [0.29, 0.717) is 12.1 Å². The second-order valence-corrected chi connectivity index (χ2v) is 4.25. The van der Waals surface area contributed by atoms with Crippen LogP contribution in [0.25, 0.3) is 10.9 Å². The van der Waals surface area contributed by atoms with Gasteiger partial charge >= 0.3 is 5.97 Å². The molecule has 2 aromatic rings. The first-order valence-electron chi connectivity index (χ1n) is 5.70. The fraction of sp³-hybridized carbons (Fsp3) is 0.333. The zero-order valence-electron chi connectivity index (χ0n) is 10.6. The number of carbonyl (C=O) groups is 1. The summed E-state index contributed by atoms with van der Waals surface area (Å²) in [4.78, 5) is 21.7. The van der Waals surface area contributed by atoms with E-state index in [4.69, 9.17) is 0 Å². The Bertz CT molecular complexity index is 635. The molecule has 0 aliphatic carbocycles. The fourth-order valence-electron chi connectivity index (χ4n) is 1.85. The molecule has 2 rings (SSSR count). The molecule has 0 saturated heterocycles. The van der Waals surface area contributed by atoms with E-state index in [1.807, 2.05) is 0 Å². The molecule has 0 aliphatic heterocycles. The largest absolute Gasteiger partial charge is 0.469 e. The number of non-ortho nitro benzene ring substituents is 1. The van der Waals surface area contributed by atoms with Crippen molar-refractivity contribution >= 4 is 22.6 Å². The monoisotopic (exact) mass is 263 g/mol. The summed E-state index contributed by atoms with van der Waals surface area (Å²) >= 11 is 0. The normalized spacial score (nSPS) is 12.3. The molecular weight excluding hydrogens is 250 g/mol. The molecule has 1 aromatic heterocycles. The number of nitro groups is 1. The predicted molar refractivity (Wildman–Crippen MR) is 67.6 cm³/mol. The van der Waals surface area contributed by atoms with E-state index >= 15 is 0 Å². The summed E-state index contributed by atoms with van der Waals surface area (Å²) in [5.74, 6) is -0.707. The van der Waals surface area contributed by atoms with Crippen LogP contribution in [0.5, 0.6) is 0 Å². The van der Waals surface area contributed by atoms with Gasteiger partial charge in [0.25, 0.3) is 5.69 Å². The summed E-state index contributed by atoms with van der Waals surface area (Å²) in [6.07, 6.45) is 1.61. The molecule has 1 aromatic carbocycles. The molecule has 0 fully saturated rings. The average Bonchev–Trinajstić information content (AvgIpc) is 2.80. The fourth-order valence-corrected chi connectivity index (χ4v) is 1.85. The van der Waals surface area contributed by atoms with Crippen molar-refractivity contribution in [1.29, 1.82) is 0 Å². The zero-order chi connectivity index (χ0) is 14.0. The van der Waals surface area contributed by atoms with Gasteiger partial charge in [0.2, 0.25) is 0 Å². The van der Waals surface area contributed by atoms with Gasteiger partial charge in [0.05, 0.1) is 36.2 Å². The lowest BCUT2D eigenvalue weighted by molar-refractivity contribution is -0.384. The van der Waals surface area contributed by atoms with Gasteiger partial charge < -0.3 is 4.74 Å². The number of fused-ring (bicyclic) bond motifs is 1. The molecule has 0 amide bonds. The molecule has 1 unspecified atom stereocenters. The van der Waals surface area contributed by atoms with Crippen LogP contribution in [-0.2, 0) is 16.1 Å². The molecule has 7 nitrogen and oxygen atoms in total. The first-order valence-corrected chi connectivity index (χ1v) is 5.70. The average molecular weight is 263 g/mol. The topological polar surface area (TPSA) is 87.3 Å². The van der Waals surface area contributed by atoms with E-state index in [0.717, 1.165) is 5.39 Å². The van der Waals surface area contributed by atoms with E-state index in [1.54, 1.807) is 23.9 Å². The Morgan fingerprint density at radius 3 is 2.95 bits per heavy atom. The smallest absolute Gasteiger partial charge is 0.310 e. The highest BCUT2D eigenvalue weighted by Crippen LogP contribution is 2.21. The molecule has 0 N–H and O–H groups in total. The summed E-state index contributed by atoms with van der Waals surface area (Å²) in [5.41, 5.74) is 0.630. The summed E-state index contributed by atoms with van der Waals surface area (Å²) < 4.78 is 6.22. The number of hydrogen-bond donors (Lipinski definition) is 0. The minimum Gasteiger partial charge on any atom is -0.469 e. The van der Waals surface area contributed by atoms with E-state index in [2.05, 4.69) is 9.84 Å². The van der Waals surface area contributed by atoms with Crippen LogP contribution in [0, 0.1) is 16.0 Å². The van der Waals surface area contributed by atoms with Crippen LogP contribution in [0.1, 0.15) is 6.92 Å². The van der Waals surface area contributed by atoms with Crippen LogP contribution >= 0.6 is 0 Å². The van der Waals surface area contributed by atoms with Crippen molar-refractivity contribution in [2.45, 2.75) is 13.5 Å². The molecule has 0 radical (unpaired) electrons. The molecule has 7 heteroatoms. The number of methoxy groups -OCH3 is 1. The number of carbonyl (C=O) groups excluding carboxylic acids is 1. The molecule has 0 spiro atoms. The van der Waals surface area contributed by atoms with Gasteiger partial charge in [-0.05, 0) is 6.07 Å². The lowest BCUT2D eigenvalue weighted by atomic mass is 10.2. The molecular formula is C12H13N3O4. The summed E-state index contributed by atoms with van der Waals surface area (Å²) in [6, 6.07) is 4.52. The number of aromatic nitrogens is 2. The maximum Gasteiger partial charge on any atom is 0.310 e. The van der Waals surface area contributed by atoms with Crippen molar-refractivity contribution in [3.05, 3.63) is 34.5 Å². The second kappa shape index (κ2) is 5.05. The van der Waals surface area contributed by atoms with E-state index in [1.165, 1.54) is 19.2 Å². The molecule has 0 saturated carbocycles. The molecule has 0 bridgehead atoms. The maximum atomic E-state index is 11.4. The Morgan fingerprint density at radius 1 is 1.58 bits per heavy atom. The van der Waals surface area contributed by atoms with Crippen LogP contribution in [0.4, 0.5) is 5.69 Å². The minimum atomic E-state index is -0.458. The molecule has 100 valence electrons. The molecule has 0 aliphatic rings. The van der Waals surface area contributed by atoms with Crippen LogP contribution in [0.3, 0.4) is 0 Å². The Balaban J connectivity index is 2.35. The maximum absolute atomic E-state index is 11.4. The Hall–Kier alpha value is -2.44. The lowest BCUT2D eigenvalue weighted by Crippen LogP contribution is -2.19. The third-order valence-corrected chi connectivity index (χ3v) is 2.89. The highest BCUT2D eigenvalue weighted by atomic mass is 16.6. The Morgan fingerprint density at radius 2 is 2.32 bits per heavy atom. The van der Waals surface area contributed by atoms with Gasteiger partial charge in [-0.3, -0.25) is 19.6 Å². The van der Waals surface area contributed by atoms with Crippen LogP contribution in [0.2, 0.25) is 0 Å². The van der Waals surface area contributed by atoms with Crippen molar-refractivity contribution in [2.24, 2.45) is 5.92 Å². The van der Waals surface area contributed by atoms with Crippen LogP contribution in [-0.4, -0.2) is 27.8 Å². The molecule has 19 heavy (non-hydrogen) atoms. The highest BCUT2D eigenvalue weighted by molar-refractivity contribution is 5.81. The van der Waals surface area contributed by atoms with E-state index in [-0.39, 0.29) is 17.6 Å². The lowest BCUT2D eigenvalue weighted by Gasteiger charge is -2.09. The Labute approximate surface area is 108 Å². The number of benzene rings is 1. The second-order valence-electron chi connectivity index (χ2n) is 4.25. The first kappa shape index (κ1) is 13.0.